The third-order valence-corrected chi connectivity index (χ3v) is 3.54. The molecule has 0 saturated carbocycles. The van der Waals surface area contributed by atoms with Gasteiger partial charge in [-0.3, -0.25) is 0 Å². The molecule has 1 aliphatic rings. The second-order valence-electron chi connectivity index (χ2n) is 4.41. The number of rotatable bonds is 5. The van der Waals surface area contributed by atoms with Crippen LogP contribution in [-0.2, 0) is 4.74 Å². The third kappa shape index (κ3) is 3.58. The Morgan fingerprint density at radius 1 is 1.37 bits per heavy atom. The summed E-state index contributed by atoms with van der Waals surface area (Å²) >= 11 is 5.38. The average Bonchev–Trinajstić information content (AvgIpc) is 2.97. The molecule has 1 saturated heterocycles. The van der Waals surface area contributed by atoms with E-state index < -0.39 is 0 Å². The summed E-state index contributed by atoms with van der Waals surface area (Å²) in [5, 5.41) is 3.24. The van der Waals surface area contributed by atoms with Gasteiger partial charge in [-0.15, -0.1) is 0 Å². The maximum Gasteiger partial charge on any atom is 0.161 e. The Bertz CT molecular complexity index is 444. The molecule has 104 valence electrons. The Morgan fingerprint density at radius 2 is 2.16 bits per heavy atom. The third-order valence-electron chi connectivity index (χ3n) is 3.16. The Labute approximate surface area is 119 Å². The molecule has 0 bridgehead atoms. The summed E-state index contributed by atoms with van der Waals surface area (Å²) in [4.78, 5) is 0.705. The van der Waals surface area contributed by atoms with Gasteiger partial charge in [-0.25, -0.2) is 0 Å². The molecule has 1 aliphatic heterocycles. The Morgan fingerprint density at radius 3 is 2.79 bits per heavy atom. The van der Waals surface area contributed by atoms with Gasteiger partial charge in [0.15, 0.2) is 11.5 Å². The Kier molecular flexibility index (Phi) is 4.99. The van der Waals surface area contributed by atoms with Crippen LogP contribution in [0.25, 0.3) is 0 Å². The lowest BCUT2D eigenvalue weighted by molar-refractivity contribution is 0.114. The highest BCUT2D eigenvalue weighted by atomic mass is 32.1. The van der Waals surface area contributed by atoms with Crippen LogP contribution in [0.4, 0.5) is 0 Å². The second-order valence-corrected chi connectivity index (χ2v) is 4.82. The summed E-state index contributed by atoms with van der Waals surface area (Å²) in [7, 11) is 3.23. The molecule has 0 aromatic heterocycles. The molecule has 1 fully saturated rings. The van der Waals surface area contributed by atoms with Crippen LogP contribution in [0.3, 0.4) is 0 Å². The normalized spacial score (nSPS) is 18.1. The zero-order chi connectivity index (χ0) is 13.7. The minimum absolute atomic E-state index is 0.276. The van der Waals surface area contributed by atoms with Gasteiger partial charge in [0, 0.05) is 18.7 Å². The molecule has 0 radical (unpaired) electrons. The maximum absolute atomic E-state index is 5.55. The molecule has 1 heterocycles. The predicted octanol–water partition coefficient (Wildman–Crippen LogP) is 2.15. The molecule has 1 atom stereocenters. The van der Waals surface area contributed by atoms with Gasteiger partial charge in [0.05, 0.1) is 20.3 Å². The molecule has 0 spiro atoms. The molecule has 19 heavy (non-hydrogen) atoms. The predicted molar refractivity (Wildman–Crippen MR) is 78.2 cm³/mol. The van der Waals surface area contributed by atoms with E-state index in [1.807, 2.05) is 18.2 Å². The zero-order valence-corrected chi connectivity index (χ0v) is 12.1. The van der Waals surface area contributed by atoms with Gasteiger partial charge in [0.1, 0.15) is 4.99 Å². The van der Waals surface area contributed by atoms with Crippen LogP contribution in [0.5, 0.6) is 11.5 Å². The highest BCUT2D eigenvalue weighted by Crippen LogP contribution is 2.27. The van der Waals surface area contributed by atoms with E-state index in [2.05, 4.69) is 5.32 Å². The lowest BCUT2D eigenvalue weighted by Crippen LogP contribution is -2.31. The van der Waals surface area contributed by atoms with Gasteiger partial charge in [0.2, 0.25) is 0 Å². The first kappa shape index (κ1) is 14.1. The van der Waals surface area contributed by atoms with Crippen LogP contribution < -0.4 is 14.8 Å². The minimum atomic E-state index is 0.276. The Hall–Kier alpha value is -1.33. The van der Waals surface area contributed by atoms with E-state index in [1.54, 1.807) is 14.2 Å². The van der Waals surface area contributed by atoms with Gasteiger partial charge in [-0.05, 0) is 31.0 Å². The molecule has 5 heteroatoms. The van der Waals surface area contributed by atoms with Gasteiger partial charge in [-0.1, -0.05) is 12.2 Å². The molecular formula is C14H19NO3S. The number of hydrogen-bond acceptors (Lipinski definition) is 4. The van der Waals surface area contributed by atoms with Gasteiger partial charge < -0.3 is 19.5 Å². The smallest absolute Gasteiger partial charge is 0.161 e. The topological polar surface area (TPSA) is 39.7 Å². The summed E-state index contributed by atoms with van der Waals surface area (Å²) in [6, 6.07) is 5.66. The fraction of sp³-hybridized carbons (Fsp3) is 0.500. The lowest BCUT2D eigenvalue weighted by atomic mass is 10.2. The molecule has 1 aromatic carbocycles. The van der Waals surface area contributed by atoms with Crippen LogP contribution in [0.1, 0.15) is 18.4 Å². The number of benzene rings is 1. The molecule has 2 rings (SSSR count). The molecule has 1 aromatic rings. The SMILES string of the molecule is COc1ccc(C(=S)NC[C@@H]2CCCO2)cc1OC. The van der Waals surface area contributed by atoms with Crippen molar-refractivity contribution < 1.29 is 14.2 Å². The zero-order valence-electron chi connectivity index (χ0n) is 11.3. The summed E-state index contributed by atoms with van der Waals surface area (Å²) < 4.78 is 16.0. The first-order valence-corrected chi connectivity index (χ1v) is 6.77. The van der Waals surface area contributed by atoms with Crippen molar-refractivity contribution in [2.45, 2.75) is 18.9 Å². The number of methoxy groups -OCH3 is 2. The van der Waals surface area contributed by atoms with E-state index >= 15 is 0 Å². The minimum Gasteiger partial charge on any atom is -0.493 e. The summed E-state index contributed by atoms with van der Waals surface area (Å²) in [5.74, 6) is 1.38. The van der Waals surface area contributed by atoms with Crippen molar-refractivity contribution >= 4 is 17.2 Å². The molecule has 4 nitrogen and oxygen atoms in total. The quantitative estimate of drug-likeness (QED) is 0.837. The van der Waals surface area contributed by atoms with Crippen LogP contribution in [0.15, 0.2) is 18.2 Å². The van der Waals surface area contributed by atoms with Crippen LogP contribution in [-0.4, -0.2) is 38.5 Å². The monoisotopic (exact) mass is 281 g/mol. The first-order chi connectivity index (χ1) is 9.24. The standard InChI is InChI=1S/C14H19NO3S/c1-16-12-6-5-10(8-13(12)17-2)14(19)15-9-11-4-3-7-18-11/h5-6,8,11H,3-4,7,9H2,1-2H3,(H,15,19)/t11-/m0/s1. The van der Waals surface area contributed by atoms with Crippen molar-refractivity contribution in [3.63, 3.8) is 0 Å². The maximum atomic E-state index is 5.55. The van der Waals surface area contributed by atoms with Crippen molar-refractivity contribution in [2.75, 3.05) is 27.4 Å². The van der Waals surface area contributed by atoms with Crippen LogP contribution in [0, 0.1) is 0 Å². The van der Waals surface area contributed by atoms with Gasteiger partial charge in [-0.2, -0.15) is 0 Å². The largest absolute Gasteiger partial charge is 0.493 e. The molecule has 1 N–H and O–H groups in total. The van der Waals surface area contributed by atoms with E-state index in [1.165, 1.54) is 0 Å². The van der Waals surface area contributed by atoms with E-state index in [4.69, 9.17) is 26.4 Å². The summed E-state index contributed by atoms with van der Waals surface area (Å²) in [6.07, 6.45) is 2.51. The molecule has 0 unspecified atom stereocenters. The van der Waals surface area contributed by atoms with Gasteiger partial charge >= 0.3 is 0 Å². The van der Waals surface area contributed by atoms with Crippen molar-refractivity contribution in [1.82, 2.24) is 5.32 Å². The van der Waals surface area contributed by atoms with Crippen molar-refractivity contribution in [3.8, 4) is 11.5 Å². The van der Waals surface area contributed by atoms with E-state index in [0.717, 1.165) is 31.6 Å². The summed E-state index contributed by atoms with van der Waals surface area (Å²) in [5.41, 5.74) is 0.922. The van der Waals surface area contributed by atoms with Gasteiger partial charge in [0.25, 0.3) is 0 Å². The van der Waals surface area contributed by atoms with Crippen LogP contribution >= 0.6 is 12.2 Å². The van der Waals surface area contributed by atoms with Crippen molar-refractivity contribution in [2.24, 2.45) is 0 Å². The van der Waals surface area contributed by atoms with Crippen LogP contribution in [0.2, 0.25) is 0 Å². The van der Waals surface area contributed by atoms with E-state index in [0.29, 0.717) is 16.5 Å². The number of nitrogens with one attached hydrogen (secondary N) is 1. The van der Waals surface area contributed by atoms with Crippen molar-refractivity contribution in [1.29, 1.82) is 0 Å². The number of hydrogen-bond donors (Lipinski definition) is 1. The first-order valence-electron chi connectivity index (χ1n) is 6.36. The fourth-order valence-electron chi connectivity index (χ4n) is 2.09. The molecule has 0 amide bonds. The molecular weight excluding hydrogens is 262 g/mol. The number of ether oxygens (including phenoxy) is 3. The number of thiocarbonyl (C=S) groups is 1. The Balaban J connectivity index is 1.98. The average molecular weight is 281 g/mol. The fourth-order valence-corrected chi connectivity index (χ4v) is 2.30. The highest BCUT2D eigenvalue weighted by Gasteiger charge is 2.16. The molecule has 0 aliphatic carbocycles. The van der Waals surface area contributed by atoms with E-state index in [9.17, 15) is 0 Å². The summed E-state index contributed by atoms with van der Waals surface area (Å²) in [6.45, 7) is 1.61. The lowest BCUT2D eigenvalue weighted by Gasteiger charge is -2.14. The second kappa shape index (κ2) is 6.73. The highest BCUT2D eigenvalue weighted by molar-refractivity contribution is 7.80. The van der Waals surface area contributed by atoms with E-state index in [-0.39, 0.29) is 6.10 Å². The van der Waals surface area contributed by atoms with Crippen molar-refractivity contribution in [3.05, 3.63) is 23.8 Å².